The molecule has 0 aromatic heterocycles. The third kappa shape index (κ3) is 4.29. The van der Waals surface area contributed by atoms with Gasteiger partial charge >= 0.3 is 44.5 Å². The van der Waals surface area contributed by atoms with Gasteiger partial charge in [-0.3, -0.25) is 0 Å². The van der Waals surface area contributed by atoms with Gasteiger partial charge in [0.05, 0.1) is 0 Å². The molecule has 0 aliphatic heterocycles. The fourth-order valence-electron chi connectivity index (χ4n) is 0.0636. The second-order valence-corrected chi connectivity index (χ2v) is 2.95. The zero-order chi connectivity index (χ0) is 4.99. The molecule has 0 bridgehead atoms. The second-order valence-electron chi connectivity index (χ2n) is 0.754. The van der Waals surface area contributed by atoms with Gasteiger partial charge in [0, 0.05) is 0 Å². The second kappa shape index (κ2) is 3.48. The number of carbonyl (C=O) groups is 1. The number of primary amides is 1. The first-order chi connectivity index (χ1) is 2.77. The number of rotatable bonds is 2. The molecule has 2 N–H and O–H groups in total. The molecule has 0 aliphatic rings. The van der Waals surface area contributed by atoms with E-state index in [1.807, 2.05) is 0 Å². The van der Waals surface area contributed by atoms with E-state index in [1.165, 1.54) is 0 Å². The van der Waals surface area contributed by atoms with Gasteiger partial charge in [-0.15, -0.1) is 0 Å². The van der Waals surface area contributed by atoms with Crippen molar-refractivity contribution in [2.45, 2.75) is 0 Å². The van der Waals surface area contributed by atoms with Crippen LogP contribution in [0.2, 0.25) is 0 Å². The van der Waals surface area contributed by atoms with E-state index in [-0.39, 0.29) is 5.91 Å². The number of carbonyl (C=O) groups excluding carboxylic acids is 1. The Morgan fingerprint density at radius 2 is 2.50 bits per heavy atom. The summed E-state index contributed by atoms with van der Waals surface area (Å²) in [6.07, 6.45) is 0.431. The summed E-state index contributed by atoms with van der Waals surface area (Å²) in [5.74, 6) is -0.254. The van der Waals surface area contributed by atoms with E-state index in [0.29, 0.717) is 6.16 Å². The molecule has 0 aromatic rings. The number of hydrogen-bond donors (Lipinski definition) is 1. The Hall–Kier alpha value is 0.289. The number of amides is 1. The van der Waals surface area contributed by atoms with Crippen LogP contribution in [0.5, 0.6) is 0 Å². The van der Waals surface area contributed by atoms with Gasteiger partial charge in [0.1, 0.15) is 0 Å². The van der Waals surface area contributed by atoms with Crippen LogP contribution in [-0.4, -0.2) is 27.2 Å². The van der Waals surface area contributed by atoms with E-state index in [1.54, 1.807) is 0 Å². The molecule has 0 aromatic carbocycles. The molecule has 0 spiro atoms. The molecule has 34 valence electrons. The van der Waals surface area contributed by atoms with Crippen molar-refractivity contribution in [3.8, 4) is 0 Å². The molecule has 0 saturated carbocycles. The van der Waals surface area contributed by atoms with Gasteiger partial charge in [-0.25, -0.2) is 0 Å². The van der Waals surface area contributed by atoms with Gasteiger partial charge in [-0.2, -0.15) is 0 Å². The zero-order valence-corrected chi connectivity index (χ0v) is 5.66. The van der Waals surface area contributed by atoms with Crippen molar-refractivity contribution in [2.24, 2.45) is 5.73 Å². The Morgan fingerprint density at radius 3 is 2.50 bits per heavy atom. The molecular weight excluding hydrogens is 164 g/mol. The quantitative estimate of drug-likeness (QED) is 0.438. The number of hydrogen-bond acceptors (Lipinski definition) is 1. The first-order valence-electron chi connectivity index (χ1n) is 1.35. The molecule has 0 unspecified atom stereocenters. The molecule has 0 aliphatic carbocycles. The van der Waals surface area contributed by atoms with Crippen molar-refractivity contribution in [1.29, 1.82) is 0 Å². The fraction of sp³-hybridized carbons (Fsp3) is 0.500. The van der Waals surface area contributed by atoms with Gasteiger partial charge in [0.15, 0.2) is 0 Å². The normalized spacial score (nSPS) is 8.67. The van der Waals surface area contributed by atoms with Crippen LogP contribution in [0.15, 0.2) is 0 Å². The maximum absolute atomic E-state index is 9.79. The van der Waals surface area contributed by atoms with E-state index >= 15 is 0 Å². The predicted octanol–water partition coefficient (Wildman–Crippen LogP) is -0.499. The first kappa shape index (κ1) is 6.29. The van der Waals surface area contributed by atoms with Crippen LogP contribution in [0.3, 0.4) is 0 Å². The average molecular weight is 168 g/mol. The minimum atomic E-state index is -0.254. The van der Waals surface area contributed by atoms with Gasteiger partial charge in [-0.05, 0) is 0 Å². The Balaban J connectivity index is 3.05. The van der Waals surface area contributed by atoms with Crippen molar-refractivity contribution in [3.63, 3.8) is 0 Å². The van der Waals surface area contributed by atoms with Crippen molar-refractivity contribution < 1.29 is 4.79 Å². The summed E-state index contributed by atoms with van der Waals surface area (Å²) in [5, 5.41) is 0. The van der Waals surface area contributed by atoms with Gasteiger partial charge < -0.3 is 0 Å². The van der Waals surface area contributed by atoms with Crippen molar-refractivity contribution in [3.05, 3.63) is 0 Å². The SMILES string of the molecule is NC(=O)CP=[Se]. The molecule has 2 nitrogen and oxygen atoms in total. The third-order valence-corrected chi connectivity index (χ3v) is 1.47. The topological polar surface area (TPSA) is 43.1 Å². The zero-order valence-electron chi connectivity index (χ0n) is 3.05. The molecular formula is C2H4NOPSe. The summed E-state index contributed by atoms with van der Waals surface area (Å²) >= 11 is 2.65. The molecule has 0 atom stereocenters. The molecule has 4 heteroatoms. The van der Waals surface area contributed by atoms with Crippen LogP contribution in [0.4, 0.5) is 0 Å². The minimum absolute atomic E-state index is 0.254. The van der Waals surface area contributed by atoms with E-state index in [2.05, 4.69) is 15.1 Å². The Labute approximate surface area is 45.1 Å². The van der Waals surface area contributed by atoms with E-state index < -0.39 is 0 Å². The molecule has 0 radical (unpaired) electrons. The molecule has 0 rings (SSSR count). The fourth-order valence-corrected chi connectivity index (χ4v) is 0.992. The van der Waals surface area contributed by atoms with E-state index in [9.17, 15) is 4.79 Å². The molecule has 0 heterocycles. The predicted molar refractivity (Wildman–Crippen MR) is 26.7 cm³/mol. The molecule has 0 saturated heterocycles. The van der Waals surface area contributed by atoms with E-state index in [0.717, 1.165) is 6.83 Å². The summed E-state index contributed by atoms with van der Waals surface area (Å²) in [6, 6.07) is 0. The average Bonchev–Trinajstić information content (AvgIpc) is 1.35. The Morgan fingerprint density at radius 1 is 2.00 bits per heavy atom. The van der Waals surface area contributed by atoms with Gasteiger partial charge in [0.2, 0.25) is 0 Å². The summed E-state index contributed by atoms with van der Waals surface area (Å²) < 4.78 is 0. The molecule has 1 amide bonds. The van der Waals surface area contributed by atoms with E-state index in [4.69, 9.17) is 5.73 Å². The first-order valence-corrected chi connectivity index (χ1v) is 4.64. The molecule has 0 fully saturated rings. The van der Waals surface area contributed by atoms with Crippen molar-refractivity contribution in [1.82, 2.24) is 0 Å². The summed E-state index contributed by atoms with van der Waals surface area (Å²) in [5.41, 5.74) is 4.74. The van der Waals surface area contributed by atoms with Crippen LogP contribution in [-0.2, 0) is 4.79 Å². The van der Waals surface area contributed by atoms with Crippen LogP contribution in [0.25, 0.3) is 0 Å². The summed E-state index contributed by atoms with van der Waals surface area (Å²) in [6.45, 7) is 0.924. The van der Waals surface area contributed by atoms with Crippen LogP contribution < -0.4 is 5.73 Å². The van der Waals surface area contributed by atoms with Crippen molar-refractivity contribution in [2.75, 3.05) is 6.16 Å². The van der Waals surface area contributed by atoms with Crippen molar-refractivity contribution >= 4 is 27.8 Å². The Bertz CT molecular complexity index is 73.9. The summed E-state index contributed by atoms with van der Waals surface area (Å²) in [7, 11) is 0. The van der Waals surface area contributed by atoms with Crippen LogP contribution in [0.1, 0.15) is 0 Å². The van der Waals surface area contributed by atoms with Crippen LogP contribution in [0, 0.1) is 0 Å². The standard InChI is InChI=1S/C2H4NOPSe/c3-2(4)1-5-6/h1H2,(H2,3,4). The monoisotopic (exact) mass is 169 g/mol. The number of nitrogens with two attached hydrogens (primary N) is 1. The van der Waals surface area contributed by atoms with Gasteiger partial charge in [0.25, 0.3) is 0 Å². The van der Waals surface area contributed by atoms with Crippen LogP contribution >= 0.6 is 6.83 Å². The third-order valence-electron chi connectivity index (χ3n) is 0.220. The van der Waals surface area contributed by atoms with Gasteiger partial charge in [-0.1, -0.05) is 0 Å². The Kier molecular flexibility index (Phi) is 3.65. The maximum atomic E-state index is 9.79. The summed E-state index contributed by atoms with van der Waals surface area (Å²) in [4.78, 5) is 9.79. The molecule has 6 heavy (non-hydrogen) atoms.